The molecular formula is C19H22ClNO3. The molecule has 0 saturated heterocycles. The van der Waals surface area contributed by atoms with E-state index in [-0.39, 0.29) is 5.91 Å². The molecule has 1 N–H and O–H groups in total. The predicted octanol–water partition coefficient (Wildman–Crippen LogP) is 4.08. The highest BCUT2D eigenvalue weighted by molar-refractivity contribution is 6.31. The molecule has 2 rings (SSSR count). The van der Waals surface area contributed by atoms with Crippen molar-refractivity contribution >= 4 is 17.5 Å². The number of carbonyl (C=O) groups excluding carboxylic acids is 1. The lowest BCUT2D eigenvalue weighted by atomic mass is 10.2. The summed E-state index contributed by atoms with van der Waals surface area (Å²) in [7, 11) is 0. The highest BCUT2D eigenvalue weighted by Gasteiger charge is 2.07. The second-order valence-corrected chi connectivity index (χ2v) is 5.62. The van der Waals surface area contributed by atoms with Gasteiger partial charge in [-0.1, -0.05) is 35.9 Å². The monoisotopic (exact) mass is 347 g/mol. The first-order chi connectivity index (χ1) is 11.7. The Kier molecular flexibility index (Phi) is 7.59. The summed E-state index contributed by atoms with van der Waals surface area (Å²) in [5.41, 5.74) is 1.48. The van der Waals surface area contributed by atoms with Crippen LogP contribution >= 0.6 is 11.6 Å². The standard InChI is InChI=1S/C19H22ClNO3/c1-2-23-12-6-11-21-19(22)15-8-5-9-17(13-15)24-14-16-7-3-4-10-18(16)20/h3-5,7-10,13H,2,6,11-12,14H2,1H3,(H,21,22). The molecule has 0 atom stereocenters. The molecule has 5 heteroatoms. The predicted molar refractivity (Wildman–Crippen MR) is 95.7 cm³/mol. The zero-order valence-electron chi connectivity index (χ0n) is 13.8. The number of nitrogens with one attached hydrogen (secondary N) is 1. The lowest BCUT2D eigenvalue weighted by Crippen LogP contribution is -2.25. The maximum atomic E-state index is 12.1. The molecule has 0 aliphatic carbocycles. The molecule has 2 aromatic rings. The third-order valence-electron chi connectivity index (χ3n) is 3.40. The fourth-order valence-corrected chi connectivity index (χ4v) is 2.32. The zero-order chi connectivity index (χ0) is 17.2. The van der Waals surface area contributed by atoms with Crippen LogP contribution in [-0.4, -0.2) is 25.7 Å². The third-order valence-corrected chi connectivity index (χ3v) is 3.77. The fourth-order valence-electron chi connectivity index (χ4n) is 2.13. The molecular weight excluding hydrogens is 326 g/mol. The van der Waals surface area contributed by atoms with Crippen LogP contribution in [0.2, 0.25) is 5.02 Å². The van der Waals surface area contributed by atoms with E-state index >= 15 is 0 Å². The highest BCUT2D eigenvalue weighted by atomic mass is 35.5. The Morgan fingerprint density at radius 1 is 1.17 bits per heavy atom. The Morgan fingerprint density at radius 3 is 2.79 bits per heavy atom. The van der Waals surface area contributed by atoms with Crippen molar-refractivity contribution in [2.75, 3.05) is 19.8 Å². The Hall–Kier alpha value is -2.04. The summed E-state index contributed by atoms with van der Waals surface area (Å²) in [6, 6.07) is 14.7. The van der Waals surface area contributed by atoms with Crippen LogP contribution in [0.25, 0.3) is 0 Å². The first kappa shape index (κ1) is 18.3. The number of carbonyl (C=O) groups is 1. The fraction of sp³-hybridized carbons (Fsp3) is 0.316. The van der Waals surface area contributed by atoms with Crippen LogP contribution in [0, 0.1) is 0 Å². The van der Waals surface area contributed by atoms with Gasteiger partial charge in [-0.25, -0.2) is 0 Å². The summed E-state index contributed by atoms with van der Waals surface area (Å²) in [5.74, 6) is 0.520. The first-order valence-corrected chi connectivity index (χ1v) is 8.40. The van der Waals surface area contributed by atoms with Crippen molar-refractivity contribution in [3.8, 4) is 5.75 Å². The van der Waals surface area contributed by atoms with Gasteiger partial charge in [0.25, 0.3) is 5.91 Å². The number of ether oxygens (including phenoxy) is 2. The molecule has 0 fully saturated rings. The average molecular weight is 348 g/mol. The Morgan fingerprint density at radius 2 is 2.00 bits per heavy atom. The number of halogens is 1. The number of hydrogen-bond acceptors (Lipinski definition) is 3. The van der Waals surface area contributed by atoms with Crippen molar-refractivity contribution in [1.82, 2.24) is 5.32 Å². The third kappa shape index (κ3) is 5.87. The molecule has 0 bridgehead atoms. The summed E-state index contributed by atoms with van der Waals surface area (Å²) in [4.78, 5) is 12.1. The molecule has 2 aromatic carbocycles. The largest absolute Gasteiger partial charge is 0.489 e. The van der Waals surface area contributed by atoms with Gasteiger partial charge < -0.3 is 14.8 Å². The second-order valence-electron chi connectivity index (χ2n) is 5.21. The van der Waals surface area contributed by atoms with Crippen LogP contribution in [0.15, 0.2) is 48.5 Å². The van der Waals surface area contributed by atoms with Gasteiger partial charge in [0.1, 0.15) is 12.4 Å². The molecule has 0 heterocycles. The summed E-state index contributed by atoms with van der Waals surface area (Å²) in [5, 5.41) is 3.54. The van der Waals surface area contributed by atoms with E-state index in [4.69, 9.17) is 21.1 Å². The van der Waals surface area contributed by atoms with Crippen molar-refractivity contribution in [1.29, 1.82) is 0 Å². The minimum atomic E-state index is -0.116. The maximum Gasteiger partial charge on any atom is 0.251 e. The van der Waals surface area contributed by atoms with Crippen molar-refractivity contribution in [2.24, 2.45) is 0 Å². The second kappa shape index (κ2) is 9.96. The van der Waals surface area contributed by atoms with Crippen LogP contribution in [0.1, 0.15) is 29.3 Å². The lowest BCUT2D eigenvalue weighted by Gasteiger charge is -2.10. The van der Waals surface area contributed by atoms with E-state index in [1.165, 1.54) is 0 Å². The van der Waals surface area contributed by atoms with Crippen molar-refractivity contribution in [3.05, 3.63) is 64.7 Å². The average Bonchev–Trinajstić information content (AvgIpc) is 2.61. The number of amides is 1. The van der Waals surface area contributed by atoms with Gasteiger partial charge in [-0.05, 0) is 37.6 Å². The molecule has 0 aromatic heterocycles. The van der Waals surface area contributed by atoms with E-state index in [1.54, 1.807) is 18.2 Å². The number of hydrogen-bond donors (Lipinski definition) is 1. The molecule has 128 valence electrons. The van der Waals surface area contributed by atoms with Gasteiger partial charge in [-0.3, -0.25) is 4.79 Å². The van der Waals surface area contributed by atoms with Crippen molar-refractivity contribution < 1.29 is 14.3 Å². The molecule has 24 heavy (non-hydrogen) atoms. The van der Waals surface area contributed by atoms with Gasteiger partial charge in [-0.15, -0.1) is 0 Å². The van der Waals surface area contributed by atoms with Crippen LogP contribution < -0.4 is 10.1 Å². The minimum Gasteiger partial charge on any atom is -0.489 e. The number of benzene rings is 2. The summed E-state index contributed by atoms with van der Waals surface area (Å²) in [6.45, 7) is 4.24. The van der Waals surface area contributed by atoms with E-state index < -0.39 is 0 Å². The van der Waals surface area contributed by atoms with E-state index in [0.717, 1.165) is 12.0 Å². The summed E-state index contributed by atoms with van der Waals surface area (Å²) in [6.07, 6.45) is 0.794. The Bertz CT molecular complexity index is 661. The van der Waals surface area contributed by atoms with Crippen molar-refractivity contribution in [2.45, 2.75) is 20.0 Å². The highest BCUT2D eigenvalue weighted by Crippen LogP contribution is 2.19. The van der Waals surface area contributed by atoms with Crippen molar-refractivity contribution in [3.63, 3.8) is 0 Å². The number of rotatable bonds is 9. The van der Waals surface area contributed by atoms with E-state index in [0.29, 0.717) is 42.7 Å². The van der Waals surface area contributed by atoms with Gasteiger partial charge in [0.15, 0.2) is 0 Å². The summed E-state index contributed by atoms with van der Waals surface area (Å²) >= 11 is 6.11. The molecule has 0 aliphatic heterocycles. The van der Waals surface area contributed by atoms with Crippen LogP contribution in [0.5, 0.6) is 5.75 Å². The van der Waals surface area contributed by atoms with Gasteiger partial charge in [0.05, 0.1) is 0 Å². The molecule has 0 unspecified atom stereocenters. The van der Waals surface area contributed by atoms with Crippen LogP contribution in [0.3, 0.4) is 0 Å². The first-order valence-electron chi connectivity index (χ1n) is 8.03. The maximum absolute atomic E-state index is 12.1. The Labute approximate surface area is 147 Å². The van der Waals surface area contributed by atoms with Gasteiger partial charge >= 0.3 is 0 Å². The normalized spacial score (nSPS) is 10.4. The minimum absolute atomic E-state index is 0.116. The molecule has 1 amide bonds. The SMILES string of the molecule is CCOCCCNC(=O)c1cccc(OCc2ccccc2Cl)c1. The van der Waals surface area contributed by atoms with Crippen LogP contribution in [-0.2, 0) is 11.3 Å². The topological polar surface area (TPSA) is 47.6 Å². The summed E-state index contributed by atoms with van der Waals surface area (Å²) < 4.78 is 11.0. The van der Waals surface area contributed by atoms with Crippen LogP contribution in [0.4, 0.5) is 0 Å². The van der Waals surface area contributed by atoms with Gasteiger partial charge in [0, 0.05) is 35.9 Å². The smallest absolute Gasteiger partial charge is 0.251 e. The van der Waals surface area contributed by atoms with E-state index in [2.05, 4.69) is 5.32 Å². The zero-order valence-corrected chi connectivity index (χ0v) is 14.5. The molecule has 0 spiro atoms. The van der Waals surface area contributed by atoms with Gasteiger partial charge in [-0.2, -0.15) is 0 Å². The van der Waals surface area contributed by atoms with Gasteiger partial charge in [0.2, 0.25) is 0 Å². The van der Waals surface area contributed by atoms with E-state index in [9.17, 15) is 4.79 Å². The lowest BCUT2D eigenvalue weighted by molar-refractivity contribution is 0.0943. The van der Waals surface area contributed by atoms with E-state index in [1.807, 2.05) is 37.3 Å². The quantitative estimate of drug-likeness (QED) is 0.695. The Balaban J connectivity index is 1.86. The molecule has 0 saturated carbocycles. The molecule has 4 nitrogen and oxygen atoms in total. The molecule has 0 radical (unpaired) electrons. The molecule has 0 aliphatic rings.